The molecule has 0 saturated carbocycles. The average molecular weight is 386 g/mol. The predicted octanol–water partition coefficient (Wildman–Crippen LogP) is 1.74. The molecule has 0 amide bonds. The summed E-state index contributed by atoms with van der Waals surface area (Å²) in [5.74, 6) is 0. The first-order chi connectivity index (χ1) is 12.4. The fourth-order valence-electron chi connectivity index (χ4n) is 3.10. The smallest absolute Gasteiger partial charge is 0.349 e. The van der Waals surface area contributed by atoms with Gasteiger partial charge in [-0.3, -0.25) is 27.5 Å². The van der Waals surface area contributed by atoms with Crippen molar-refractivity contribution in [3.63, 3.8) is 0 Å². The molecule has 10 heteroatoms. The van der Waals surface area contributed by atoms with Crippen LogP contribution in [-0.4, -0.2) is 34.6 Å². The minimum absolute atomic E-state index is 0.0578. The topological polar surface area (TPSA) is 98.0 Å². The maximum absolute atomic E-state index is 12.7. The monoisotopic (exact) mass is 386 g/mol. The predicted molar refractivity (Wildman–Crippen MR) is 93.1 cm³/mol. The summed E-state index contributed by atoms with van der Waals surface area (Å²) in [6, 6.07) is 0. The van der Waals surface area contributed by atoms with E-state index < -0.39 is 31.9 Å². The van der Waals surface area contributed by atoms with Crippen LogP contribution in [0.25, 0.3) is 0 Å². The highest BCUT2D eigenvalue weighted by atomic mass is 31.2. The van der Waals surface area contributed by atoms with Gasteiger partial charge < -0.3 is 4.74 Å². The molecule has 1 aromatic heterocycles. The lowest BCUT2D eigenvalue weighted by atomic mass is 10.2. The third-order valence-corrected chi connectivity index (χ3v) is 5.93. The zero-order valence-corrected chi connectivity index (χ0v) is 15.7. The van der Waals surface area contributed by atoms with E-state index in [0.717, 1.165) is 0 Å². The number of allylic oxidation sites excluding steroid dienone is 1. The molecule has 2 aliphatic rings. The van der Waals surface area contributed by atoms with Crippen LogP contribution in [0.1, 0.15) is 31.6 Å². The van der Waals surface area contributed by atoms with Gasteiger partial charge in [0.05, 0.1) is 13.2 Å². The molecular weight excluding hydrogens is 363 g/mol. The van der Waals surface area contributed by atoms with Gasteiger partial charge >= 0.3 is 13.5 Å². The fourth-order valence-corrected chi connectivity index (χ4v) is 4.50. The summed E-state index contributed by atoms with van der Waals surface area (Å²) in [6.07, 6.45) is 2.35. The molecule has 26 heavy (non-hydrogen) atoms. The van der Waals surface area contributed by atoms with Crippen LogP contribution in [0.5, 0.6) is 0 Å². The van der Waals surface area contributed by atoms with Crippen LogP contribution in [-0.2, 0) is 29.4 Å². The molecule has 144 valence electrons. The van der Waals surface area contributed by atoms with Gasteiger partial charge in [0.2, 0.25) is 0 Å². The van der Waals surface area contributed by atoms with E-state index in [1.807, 2.05) is 0 Å². The number of fused-ring (bicyclic) bond motifs is 1. The van der Waals surface area contributed by atoms with Gasteiger partial charge in [-0.05, 0) is 20.3 Å². The second kappa shape index (κ2) is 7.62. The quantitative estimate of drug-likeness (QED) is 0.542. The summed E-state index contributed by atoms with van der Waals surface area (Å²) >= 11 is 0. The first-order valence-electron chi connectivity index (χ1n) is 8.55. The minimum Gasteiger partial charge on any atom is -0.349 e. The van der Waals surface area contributed by atoms with Crippen LogP contribution in [0.4, 0.5) is 0 Å². The number of rotatable bonds is 6. The minimum atomic E-state index is -3.59. The lowest BCUT2D eigenvalue weighted by Gasteiger charge is -2.29. The van der Waals surface area contributed by atoms with Gasteiger partial charge in [0.1, 0.15) is 18.4 Å². The Bertz CT molecular complexity index is 846. The Morgan fingerprint density at radius 2 is 2.19 bits per heavy atom. The average Bonchev–Trinajstić information content (AvgIpc) is 3.00. The second-order valence-electron chi connectivity index (χ2n) is 6.21. The van der Waals surface area contributed by atoms with Crippen molar-refractivity contribution in [2.45, 2.75) is 51.7 Å². The van der Waals surface area contributed by atoms with Crippen molar-refractivity contribution in [3.8, 4) is 0 Å². The van der Waals surface area contributed by atoms with Crippen molar-refractivity contribution in [2.75, 3.05) is 13.2 Å². The van der Waals surface area contributed by atoms with E-state index in [0.29, 0.717) is 18.4 Å². The molecule has 4 atom stereocenters. The number of aromatic nitrogens is 2. The van der Waals surface area contributed by atoms with Crippen LogP contribution in [0.2, 0.25) is 0 Å². The van der Waals surface area contributed by atoms with Gasteiger partial charge in [-0.2, -0.15) is 0 Å². The van der Waals surface area contributed by atoms with E-state index in [9.17, 15) is 14.2 Å². The zero-order valence-electron chi connectivity index (χ0n) is 14.8. The third kappa shape index (κ3) is 3.63. The van der Waals surface area contributed by atoms with Gasteiger partial charge in [0, 0.05) is 24.7 Å². The van der Waals surface area contributed by atoms with Gasteiger partial charge in [-0.15, -0.1) is 6.58 Å². The number of hydrogen-bond donors (Lipinski definition) is 0. The van der Waals surface area contributed by atoms with Crippen molar-refractivity contribution in [1.82, 2.24) is 9.13 Å². The van der Waals surface area contributed by atoms with Gasteiger partial charge in [-0.25, -0.2) is 9.36 Å². The molecule has 0 radical (unpaired) electrons. The first kappa shape index (κ1) is 19.3. The molecule has 9 nitrogen and oxygen atoms in total. The Morgan fingerprint density at radius 3 is 2.88 bits per heavy atom. The van der Waals surface area contributed by atoms with Crippen LogP contribution < -0.4 is 11.2 Å². The number of phosphoric ester groups is 1. The number of phosphoric acid groups is 1. The number of ether oxygens (including phenoxy) is 1. The first-order valence-corrected chi connectivity index (χ1v) is 10.0. The van der Waals surface area contributed by atoms with Crippen LogP contribution >= 0.6 is 7.82 Å². The summed E-state index contributed by atoms with van der Waals surface area (Å²) in [6.45, 7) is 7.47. The van der Waals surface area contributed by atoms with E-state index in [1.165, 1.54) is 15.3 Å². The molecule has 0 aromatic carbocycles. The zero-order chi connectivity index (χ0) is 18.9. The lowest BCUT2D eigenvalue weighted by Crippen LogP contribution is -2.42. The molecule has 2 fully saturated rings. The highest BCUT2D eigenvalue weighted by Gasteiger charge is 2.47. The summed E-state index contributed by atoms with van der Waals surface area (Å²) < 4.78 is 36.5. The second-order valence-corrected chi connectivity index (χ2v) is 7.83. The Balaban J connectivity index is 1.86. The molecule has 2 aliphatic heterocycles. The maximum atomic E-state index is 12.7. The molecule has 0 N–H and O–H groups in total. The van der Waals surface area contributed by atoms with Gasteiger partial charge in [-0.1, -0.05) is 6.08 Å². The van der Waals surface area contributed by atoms with Crippen molar-refractivity contribution in [3.05, 3.63) is 45.3 Å². The summed E-state index contributed by atoms with van der Waals surface area (Å²) in [4.78, 5) is 25.0. The highest BCUT2D eigenvalue weighted by Crippen LogP contribution is 2.56. The summed E-state index contributed by atoms with van der Waals surface area (Å²) in [5, 5.41) is 0. The van der Waals surface area contributed by atoms with Crippen LogP contribution in [0, 0.1) is 6.92 Å². The Kier molecular flexibility index (Phi) is 5.64. The van der Waals surface area contributed by atoms with Crippen molar-refractivity contribution in [2.24, 2.45) is 0 Å². The number of nitrogens with zero attached hydrogens (tertiary/aromatic N) is 2. The summed E-state index contributed by atoms with van der Waals surface area (Å²) in [5.41, 5.74) is -0.353. The fraction of sp³-hybridized carbons (Fsp3) is 0.625. The molecule has 1 aromatic rings. The van der Waals surface area contributed by atoms with Crippen molar-refractivity contribution < 1.29 is 22.9 Å². The molecule has 0 bridgehead atoms. The molecular formula is C16H23N2O7P. The van der Waals surface area contributed by atoms with E-state index in [4.69, 9.17) is 18.3 Å². The molecule has 0 aliphatic carbocycles. The molecule has 3 rings (SSSR count). The Morgan fingerprint density at radius 1 is 1.42 bits per heavy atom. The van der Waals surface area contributed by atoms with Gasteiger partial charge in [0.25, 0.3) is 5.56 Å². The largest absolute Gasteiger partial charge is 0.475 e. The van der Waals surface area contributed by atoms with Crippen molar-refractivity contribution >= 4 is 7.82 Å². The maximum Gasteiger partial charge on any atom is 0.475 e. The molecule has 0 spiro atoms. The number of hydrogen-bond acceptors (Lipinski definition) is 7. The normalized spacial score (nSPS) is 30.9. The van der Waals surface area contributed by atoms with Crippen LogP contribution in [0.15, 0.2) is 28.4 Å². The SMILES string of the molecule is C=CCCn1c(=O)c(C)cn([C@H]2C[C@@H]3OP(=O)(OCC)OC[C@H]3O2)c1=O. The third-order valence-electron chi connectivity index (χ3n) is 4.36. The highest BCUT2D eigenvalue weighted by molar-refractivity contribution is 7.48. The van der Waals surface area contributed by atoms with E-state index in [1.54, 1.807) is 19.9 Å². The standard InChI is InChI=1S/C16H23N2O7P/c1-4-6-7-17-15(19)11(3)9-18(16(17)20)14-8-12-13(24-14)10-23-26(21,25-12)22-5-2/h4,9,12-14H,1,5-8,10H2,2-3H3/t12-,13+,14+,26?/m0/s1. The number of aryl methyl sites for hydroxylation is 1. The van der Waals surface area contributed by atoms with Crippen LogP contribution in [0.3, 0.4) is 0 Å². The summed E-state index contributed by atoms with van der Waals surface area (Å²) in [7, 11) is -3.59. The van der Waals surface area contributed by atoms with Gasteiger partial charge in [0.15, 0.2) is 0 Å². The lowest BCUT2D eigenvalue weighted by molar-refractivity contribution is -0.0720. The van der Waals surface area contributed by atoms with Crippen molar-refractivity contribution in [1.29, 1.82) is 0 Å². The van der Waals surface area contributed by atoms with E-state index in [-0.39, 0.29) is 25.3 Å². The molecule has 3 heterocycles. The molecule has 2 saturated heterocycles. The Hall–Kier alpha value is -1.51. The van der Waals surface area contributed by atoms with E-state index >= 15 is 0 Å². The Labute approximate surface area is 150 Å². The molecule has 1 unspecified atom stereocenters. The van der Waals surface area contributed by atoms with E-state index in [2.05, 4.69) is 6.58 Å².